The number of amides is 7. The maximum absolute atomic E-state index is 15.9. The molecule has 2 heterocycles. The number of benzene rings is 3. The van der Waals surface area contributed by atoms with Crippen LogP contribution in [0.1, 0.15) is 127 Å². The highest BCUT2D eigenvalue weighted by atomic mass is 16.5. The van der Waals surface area contributed by atoms with E-state index in [0.29, 0.717) is 12.8 Å². The van der Waals surface area contributed by atoms with Gasteiger partial charge < -0.3 is 51.3 Å². The Kier molecular flexibility index (Phi) is 18.2. The molecule has 2 aliphatic carbocycles. The minimum Gasteiger partial charge on any atom is -0.382 e. The fraction of sp³-hybridized carbons (Fsp3) is 0.576. The van der Waals surface area contributed by atoms with Gasteiger partial charge in [0.15, 0.2) is 0 Å². The van der Waals surface area contributed by atoms with Crippen LogP contribution >= 0.6 is 0 Å². The van der Waals surface area contributed by atoms with Crippen LogP contribution in [0.2, 0.25) is 0 Å². The van der Waals surface area contributed by atoms with Crippen LogP contribution in [-0.2, 0) is 57.7 Å². The van der Waals surface area contributed by atoms with E-state index < -0.39 is 76.4 Å². The Morgan fingerprint density at radius 2 is 1.26 bits per heavy atom. The summed E-state index contributed by atoms with van der Waals surface area (Å²) >= 11 is 0. The number of hydrogen-bond donors (Lipinski definition) is 6. The molecule has 0 bridgehead atoms. The first-order valence-electron chi connectivity index (χ1n) is 27.2. The van der Waals surface area contributed by atoms with Crippen molar-refractivity contribution < 1.29 is 38.3 Å². The molecule has 3 aromatic rings. The molecule has 0 aromatic heterocycles. The molecule has 1 unspecified atom stereocenters. The first-order valence-corrected chi connectivity index (χ1v) is 27.2. The maximum Gasteiger partial charge on any atom is 0.246 e. The van der Waals surface area contributed by atoms with Crippen molar-refractivity contribution in [3.8, 4) is 0 Å². The summed E-state index contributed by atoms with van der Waals surface area (Å²) in [7, 11) is 4.91. The van der Waals surface area contributed by atoms with Gasteiger partial charge >= 0.3 is 0 Å². The lowest BCUT2D eigenvalue weighted by molar-refractivity contribution is -0.154. The molecule has 2 fully saturated rings. The van der Waals surface area contributed by atoms with Crippen LogP contribution < -0.4 is 31.9 Å². The second-order valence-corrected chi connectivity index (χ2v) is 23.8. The topological polar surface area (TPSA) is 211 Å². The van der Waals surface area contributed by atoms with E-state index in [9.17, 15) is 19.2 Å². The van der Waals surface area contributed by atoms with E-state index in [0.717, 1.165) is 41.5 Å². The molecule has 412 valence electrons. The van der Waals surface area contributed by atoms with E-state index in [1.165, 1.54) is 10.5 Å². The lowest BCUT2D eigenvalue weighted by atomic mass is 9.84. The fourth-order valence-electron chi connectivity index (χ4n) is 11.0. The maximum atomic E-state index is 15.9. The Hall–Kier alpha value is -6.17. The Morgan fingerprint density at radius 3 is 1.83 bits per heavy atom. The number of likely N-dealkylation sites (tertiary alicyclic amines) is 1. The molecule has 7 amide bonds. The van der Waals surface area contributed by atoms with Gasteiger partial charge in [-0.2, -0.15) is 0 Å². The molecule has 1 saturated heterocycles. The quantitative estimate of drug-likeness (QED) is 0.0991. The Labute approximate surface area is 449 Å². The summed E-state index contributed by atoms with van der Waals surface area (Å²) in [6.45, 7) is 14.9. The van der Waals surface area contributed by atoms with Gasteiger partial charge in [-0.3, -0.25) is 33.6 Å². The van der Waals surface area contributed by atoms with E-state index in [2.05, 4.69) is 38.0 Å². The van der Waals surface area contributed by atoms with Crippen LogP contribution in [0.5, 0.6) is 0 Å². The van der Waals surface area contributed by atoms with Crippen molar-refractivity contribution >= 4 is 41.4 Å². The second kappa shape index (κ2) is 24.0. The van der Waals surface area contributed by atoms with Crippen LogP contribution in [0, 0.1) is 16.2 Å². The van der Waals surface area contributed by atoms with E-state index in [-0.39, 0.29) is 74.7 Å². The molecule has 3 aromatic carbocycles. The van der Waals surface area contributed by atoms with Gasteiger partial charge in [0.2, 0.25) is 41.4 Å². The molecule has 1 saturated carbocycles. The van der Waals surface area contributed by atoms with E-state index >= 15 is 14.4 Å². The number of nitrogens with one attached hydrogen (secondary N) is 6. The molecule has 0 radical (unpaired) electrons. The van der Waals surface area contributed by atoms with Crippen LogP contribution in [-0.4, -0.2) is 139 Å². The standard InChI is InChI=1S/C59H83N9O8/c1-36(60-9)50(69)64-48(57(3,4)5)54(73)66-32-41-24-16-15-23-40(41)30-46(66)53(72)68(47(34-76-11)39-21-13-12-14-22-39)35-59(28-29-59)56(75)62-42-31-45(52(71)63-44-27-19-25-38-20-17-18-26-43(38)44)67(33-42)55(74)49(58(6,7)8)65-51(70)37(2)61-10/h12-18,20-24,26,36-37,42,44-49,60-61H,19,25,27-35H2,1-11H3,(H,62,75)(H,63,71)(H,64,69)(H,65,70)/t36-,37-,42-,44+,45-,46-,47-,48?,49+/m0/s1. The highest BCUT2D eigenvalue weighted by Gasteiger charge is 2.55. The molecule has 4 aliphatic rings. The van der Waals surface area contributed by atoms with Crippen molar-refractivity contribution in [3.63, 3.8) is 0 Å². The first-order chi connectivity index (χ1) is 36.0. The zero-order chi connectivity index (χ0) is 55.3. The molecule has 2 aliphatic heterocycles. The number of aryl methyl sites for hydroxylation is 1. The summed E-state index contributed by atoms with van der Waals surface area (Å²) in [5, 5.41) is 18.4. The van der Waals surface area contributed by atoms with Crippen molar-refractivity contribution in [2.24, 2.45) is 16.2 Å². The Bertz CT molecular complexity index is 2590. The Morgan fingerprint density at radius 1 is 0.711 bits per heavy atom. The molecule has 17 nitrogen and oxygen atoms in total. The summed E-state index contributed by atoms with van der Waals surface area (Å²) in [4.78, 5) is 108. The summed E-state index contributed by atoms with van der Waals surface area (Å²) in [5.41, 5.74) is 2.27. The van der Waals surface area contributed by atoms with E-state index in [1.54, 1.807) is 44.9 Å². The minimum absolute atomic E-state index is 0.0119. The lowest BCUT2D eigenvalue weighted by Crippen LogP contribution is -2.62. The fourth-order valence-corrected chi connectivity index (χ4v) is 11.0. The third-order valence-corrected chi connectivity index (χ3v) is 16.2. The highest BCUT2D eigenvalue weighted by Crippen LogP contribution is 2.48. The van der Waals surface area contributed by atoms with Gasteiger partial charge in [-0.1, -0.05) is 120 Å². The van der Waals surface area contributed by atoms with Crippen molar-refractivity contribution in [1.29, 1.82) is 0 Å². The number of likely N-dealkylation sites (N-methyl/N-ethyl adjacent to an activating group) is 2. The van der Waals surface area contributed by atoms with Crippen LogP contribution in [0.15, 0.2) is 78.9 Å². The van der Waals surface area contributed by atoms with Gasteiger partial charge in [0.05, 0.1) is 36.2 Å². The number of nitrogens with zero attached hydrogens (tertiary/aromatic N) is 3. The second-order valence-electron chi connectivity index (χ2n) is 23.8. The average Bonchev–Trinajstić information content (AvgIpc) is 4.08. The third kappa shape index (κ3) is 13.0. The van der Waals surface area contributed by atoms with Crippen molar-refractivity contribution in [3.05, 3.63) is 107 Å². The number of rotatable bonds is 19. The van der Waals surface area contributed by atoms with Crippen LogP contribution in [0.3, 0.4) is 0 Å². The van der Waals surface area contributed by atoms with Crippen LogP contribution in [0.4, 0.5) is 0 Å². The largest absolute Gasteiger partial charge is 0.382 e. The predicted molar refractivity (Wildman–Crippen MR) is 291 cm³/mol. The van der Waals surface area contributed by atoms with E-state index in [1.807, 2.05) is 114 Å². The smallest absolute Gasteiger partial charge is 0.246 e. The monoisotopic (exact) mass is 1050 g/mol. The SMILES string of the molecule is CN[C@@H](C)C(=O)NC(C(=O)N1Cc2ccccc2C[C@H]1C(=O)N(CC1(C(=O)N[C@H]2C[C@@H](C(=O)N[C@@H]3CCCc4ccccc43)N(C(=O)[C@@H](NC(=O)[C@H](C)NC)C(C)(C)C)C2)CC1)[C@@H](COC)c1ccccc1)C(C)(C)C. The highest BCUT2D eigenvalue weighted by molar-refractivity contribution is 5.96. The van der Waals surface area contributed by atoms with Crippen molar-refractivity contribution in [1.82, 2.24) is 46.6 Å². The molecular formula is C59H83N9O8. The zero-order valence-electron chi connectivity index (χ0n) is 46.6. The number of methoxy groups -OCH3 is 1. The van der Waals surface area contributed by atoms with Crippen LogP contribution in [0.25, 0.3) is 0 Å². The molecule has 9 atom stereocenters. The average molecular weight is 1050 g/mol. The predicted octanol–water partition coefficient (Wildman–Crippen LogP) is 4.49. The first kappa shape index (κ1) is 57.5. The molecule has 76 heavy (non-hydrogen) atoms. The summed E-state index contributed by atoms with van der Waals surface area (Å²) in [5.74, 6) is -2.54. The number of ether oxygens (including phenoxy) is 1. The van der Waals surface area contributed by atoms with E-state index in [4.69, 9.17) is 4.74 Å². The molecule has 6 N–H and O–H groups in total. The lowest BCUT2D eigenvalue weighted by Gasteiger charge is -2.44. The van der Waals surface area contributed by atoms with Gasteiger partial charge in [0.25, 0.3) is 0 Å². The zero-order valence-corrected chi connectivity index (χ0v) is 46.6. The number of carbonyl (C=O) groups excluding carboxylic acids is 7. The summed E-state index contributed by atoms with van der Waals surface area (Å²) in [6.07, 6.45) is 3.77. The van der Waals surface area contributed by atoms with Gasteiger partial charge in [-0.15, -0.1) is 0 Å². The third-order valence-electron chi connectivity index (χ3n) is 16.2. The minimum atomic E-state index is -1.06. The molecule has 7 rings (SSSR count). The Balaban J connectivity index is 1.21. The van der Waals surface area contributed by atoms with Gasteiger partial charge in [-0.05, 0) is 105 Å². The van der Waals surface area contributed by atoms with Gasteiger partial charge in [-0.25, -0.2) is 0 Å². The summed E-state index contributed by atoms with van der Waals surface area (Å²) < 4.78 is 5.87. The van der Waals surface area contributed by atoms with Gasteiger partial charge in [0.1, 0.15) is 24.2 Å². The number of fused-ring (bicyclic) bond motifs is 2. The summed E-state index contributed by atoms with van der Waals surface area (Å²) in [6, 6.07) is 18.6. The normalized spacial score (nSPS) is 21.8. The molecular weight excluding hydrogens is 963 g/mol. The number of hydrogen-bond acceptors (Lipinski definition) is 10. The van der Waals surface area contributed by atoms with Crippen molar-refractivity contribution in [2.45, 2.75) is 161 Å². The molecule has 17 heteroatoms. The molecule has 0 spiro atoms. The van der Waals surface area contributed by atoms with Gasteiger partial charge in [0, 0.05) is 39.2 Å². The number of carbonyl (C=O) groups is 7. The van der Waals surface area contributed by atoms with Crippen molar-refractivity contribution in [2.75, 3.05) is 40.9 Å².